The monoisotopic (exact) mass is 454 g/mol. The third-order valence-corrected chi connectivity index (χ3v) is 6.57. The minimum Gasteiger partial charge on any atom is -0.465 e. The Balaban J connectivity index is 0.00000320. The summed E-state index contributed by atoms with van der Waals surface area (Å²) in [5, 5.41) is 3.35. The first-order valence-corrected chi connectivity index (χ1v) is 10.8. The van der Waals surface area contributed by atoms with Crippen molar-refractivity contribution in [1.82, 2.24) is 14.6 Å². The number of benzene rings is 1. The van der Waals surface area contributed by atoms with Crippen LogP contribution < -0.4 is 9.62 Å². The van der Waals surface area contributed by atoms with Crippen LogP contribution in [0.15, 0.2) is 48.7 Å². The molecule has 1 aromatic carbocycles. The molecule has 164 valence electrons. The highest BCUT2D eigenvalue weighted by Crippen LogP contribution is 2.24. The second-order valence-corrected chi connectivity index (χ2v) is 9.02. The van der Waals surface area contributed by atoms with Gasteiger partial charge in [-0.3, -0.25) is 9.29 Å². The number of halogens is 1. The number of carbonyl (C=O) groups excluding carboxylic acids is 1. The third-order valence-electron chi connectivity index (χ3n) is 4.72. The first-order valence-electron chi connectivity index (χ1n) is 9.43. The zero-order chi connectivity index (χ0) is 21.0. The molecule has 0 amide bonds. The lowest BCUT2D eigenvalue weighted by Crippen LogP contribution is -2.58. The maximum Gasteiger partial charge on any atom is 0.339 e. The molecule has 0 saturated carbocycles. The smallest absolute Gasteiger partial charge is 0.339 e. The van der Waals surface area contributed by atoms with Crippen molar-refractivity contribution >= 4 is 34.3 Å². The molecule has 1 N–H and O–H groups in total. The van der Waals surface area contributed by atoms with Crippen LogP contribution in [0, 0.1) is 0 Å². The van der Waals surface area contributed by atoms with Gasteiger partial charge < -0.3 is 10.1 Å². The molecule has 1 aliphatic heterocycles. The molecule has 0 aliphatic carbocycles. The topological polar surface area (TPSA) is 91.8 Å². The molecule has 0 unspecified atom stereocenters. The molecule has 30 heavy (non-hydrogen) atoms. The molecule has 1 saturated heterocycles. The van der Waals surface area contributed by atoms with Gasteiger partial charge in [0.15, 0.2) is 0 Å². The highest BCUT2D eigenvalue weighted by Gasteiger charge is 2.35. The van der Waals surface area contributed by atoms with Crippen molar-refractivity contribution < 1.29 is 17.9 Å². The Morgan fingerprint density at radius 1 is 1.17 bits per heavy atom. The zero-order valence-corrected chi connectivity index (χ0v) is 18.8. The number of esters is 1. The van der Waals surface area contributed by atoms with E-state index in [1.54, 1.807) is 36.4 Å². The number of para-hydroxylation sites is 1. The van der Waals surface area contributed by atoms with E-state index in [4.69, 9.17) is 0 Å². The molecule has 0 spiro atoms. The molecule has 2 aromatic rings. The molecule has 10 heteroatoms. The highest BCUT2D eigenvalue weighted by molar-refractivity contribution is 7.90. The van der Waals surface area contributed by atoms with E-state index >= 15 is 0 Å². The summed E-state index contributed by atoms with van der Waals surface area (Å²) in [6, 6.07) is 12.3. The molecule has 8 nitrogen and oxygen atoms in total. The highest BCUT2D eigenvalue weighted by atomic mass is 35.5. The van der Waals surface area contributed by atoms with Crippen LogP contribution in [0.5, 0.6) is 0 Å². The predicted octanol–water partition coefficient (Wildman–Crippen LogP) is 2.22. The Bertz CT molecular complexity index is 931. The second kappa shape index (κ2) is 10.2. The Morgan fingerprint density at radius 2 is 1.80 bits per heavy atom. The van der Waals surface area contributed by atoms with E-state index in [1.165, 1.54) is 21.9 Å². The summed E-state index contributed by atoms with van der Waals surface area (Å²) >= 11 is 0. The number of nitrogens with zero attached hydrogens (tertiary/aromatic N) is 3. The molecular formula is C20H27ClN4O4S. The van der Waals surface area contributed by atoms with Crippen molar-refractivity contribution in [3.8, 4) is 0 Å². The van der Waals surface area contributed by atoms with Gasteiger partial charge in [0.2, 0.25) is 0 Å². The third kappa shape index (κ3) is 5.48. The Morgan fingerprint density at radius 3 is 2.33 bits per heavy atom. The quantitative estimate of drug-likeness (QED) is 0.673. The summed E-state index contributed by atoms with van der Waals surface area (Å²) in [5.74, 6) is -0.486. The lowest BCUT2D eigenvalue weighted by molar-refractivity contribution is 0.0600. The molecule has 1 fully saturated rings. The van der Waals surface area contributed by atoms with E-state index in [1.807, 2.05) is 19.9 Å². The summed E-state index contributed by atoms with van der Waals surface area (Å²) in [6.45, 7) is 4.78. The Labute approximate surface area is 183 Å². The van der Waals surface area contributed by atoms with Gasteiger partial charge in [-0.25, -0.2) is 4.79 Å². The molecule has 0 bridgehead atoms. The van der Waals surface area contributed by atoms with Crippen molar-refractivity contribution in [3.05, 3.63) is 59.9 Å². The van der Waals surface area contributed by atoms with Gasteiger partial charge in [0.1, 0.15) is 0 Å². The van der Waals surface area contributed by atoms with Crippen molar-refractivity contribution in [1.29, 1.82) is 0 Å². The van der Waals surface area contributed by atoms with Crippen molar-refractivity contribution in [2.75, 3.05) is 24.5 Å². The summed E-state index contributed by atoms with van der Waals surface area (Å²) in [5.41, 5.74) is 1.40. The van der Waals surface area contributed by atoms with E-state index in [-0.39, 0.29) is 31.0 Å². The van der Waals surface area contributed by atoms with E-state index in [0.29, 0.717) is 30.0 Å². The number of aromatic nitrogens is 1. The maximum atomic E-state index is 13.5. The van der Waals surface area contributed by atoms with Gasteiger partial charge in [0, 0.05) is 31.4 Å². The van der Waals surface area contributed by atoms with E-state index in [2.05, 4.69) is 15.0 Å². The average molecular weight is 455 g/mol. The molecule has 1 aliphatic rings. The largest absolute Gasteiger partial charge is 0.465 e. The predicted molar refractivity (Wildman–Crippen MR) is 118 cm³/mol. The average Bonchev–Trinajstić information content (AvgIpc) is 2.71. The van der Waals surface area contributed by atoms with Gasteiger partial charge in [-0.05, 0) is 38.1 Å². The van der Waals surface area contributed by atoms with Gasteiger partial charge >= 0.3 is 16.2 Å². The minimum atomic E-state index is -3.78. The normalized spacial score (nSPS) is 19.6. The molecule has 1 aromatic heterocycles. The van der Waals surface area contributed by atoms with Crippen LogP contribution >= 0.6 is 12.4 Å². The van der Waals surface area contributed by atoms with Crippen LogP contribution in [0.1, 0.15) is 29.9 Å². The molecule has 2 atom stereocenters. The van der Waals surface area contributed by atoms with Gasteiger partial charge in [0.05, 0.1) is 30.6 Å². The van der Waals surface area contributed by atoms with Gasteiger partial charge in [0.25, 0.3) is 0 Å². The number of ether oxygens (including phenoxy) is 1. The fraction of sp³-hybridized carbons (Fsp3) is 0.400. The summed E-state index contributed by atoms with van der Waals surface area (Å²) in [7, 11) is -2.48. The number of hydrogen-bond donors (Lipinski definition) is 1. The molecular weight excluding hydrogens is 428 g/mol. The fourth-order valence-electron chi connectivity index (χ4n) is 3.41. The van der Waals surface area contributed by atoms with Crippen LogP contribution in [0.25, 0.3) is 0 Å². The Hall–Kier alpha value is -2.20. The number of anilines is 1. The van der Waals surface area contributed by atoms with Crippen LogP contribution in [-0.4, -0.2) is 56.0 Å². The molecule has 0 radical (unpaired) electrons. The zero-order valence-electron chi connectivity index (χ0n) is 17.2. The van der Waals surface area contributed by atoms with Crippen LogP contribution in [0.4, 0.5) is 5.69 Å². The summed E-state index contributed by atoms with van der Waals surface area (Å²) in [6.07, 6.45) is 1.39. The lowest BCUT2D eigenvalue weighted by Gasteiger charge is -2.38. The first kappa shape index (κ1) is 24.1. The van der Waals surface area contributed by atoms with Crippen molar-refractivity contribution in [3.63, 3.8) is 0 Å². The van der Waals surface area contributed by atoms with Crippen LogP contribution in [0.2, 0.25) is 0 Å². The number of pyridine rings is 1. The van der Waals surface area contributed by atoms with Crippen molar-refractivity contribution in [2.45, 2.75) is 32.5 Å². The fourth-order valence-corrected chi connectivity index (χ4v) is 5.19. The Kier molecular flexibility index (Phi) is 8.19. The van der Waals surface area contributed by atoms with Crippen LogP contribution in [0.3, 0.4) is 0 Å². The number of carbonyl (C=O) groups is 1. The van der Waals surface area contributed by atoms with E-state index in [9.17, 15) is 13.2 Å². The summed E-state index contributed by atoms with van der Waals surface area (Å²) < 4.78 is 34.6. The van der Waals surface area contributed by atoms with Gasteiger partial charge in [-0.15, -0.1) is 12.4 Å². The second-order valence-electron chi connectivity index (χ2n) is 7.17. The molecule has 3 rings (SSSR count). The standard InChI is InChI=1S/C20H26N4O4S.ClH/c1-15-12-23(13-16(2)22-15)29(26,27)24(19-7-5-4-6-8-19)14-18-10-9-17(11-21-18)20(25)28-3;/h4-11,15-16,22H,12-14H2,1-3H3;1H/t15-,16+;. The number of methoxy groups -OCH3 is 1. The lowest BCUT2D eigenvalue weighted by atomic mass is 10.2. The number of piperazine rings is 1. The SMILES string of the molecule is COC(=O)c1ccc(CN(c2ccccc2)S(=O)(=O)N2C[C@@H](C)N[C@@H](C)C2)nc1.Cl. The number of rotatable bonds is 6. The number of nitrogens with one attached hydrogen (secondary N) is 1. The summed E-state index contributed by atoms with van der Waals surface area (Å²) in [4.78, 5) is 15.9. The van der Waals surface area contributed by atoms with E-state index in [0.717, 1.165) is 0 Å². The molecule has 2 heterocycles. The minimum absolute atomic E-state index is 0. The van der Waals surface area contributed by atoms with Gasteiger partial charge in [-0.2, -0.15) is 12.7 Å². The van der Waals surface area contributed by atoms with Gasteiger partial charge in [-0.1, -0.05) is 18.2 Å². The van der Waals surface area contributed by atoms with E-state index < -0.39 is 16.2 Å². The first-order chi connectivity index (χ1) is 13.8. The van der Waals surface area contributed by atoms with Crippen LogP contribution in [-0.2, 0) is 21.5 Å². The van der Waals surface area contributed by atoms with Crippen molar-refractivity contribution in [2.24, 2.45) is 0 Å². The maximum absolute atomic E-state index is 13.5. The number of hydrogen-bond acceptors (Lipinski definition) is 6.